The summed E-state index contributed by atoms with van der Waals surface area (Å²) in [7, 11) is 2.13. The van der Waals surface area contributed by atoms with Crippen molar-refractivity contribution in [3.63, 3.8) is 0 Å². The summed E-state index contributed by atoms with van der Waals surface area (Å²) in [5.41, 5.74) is 6.04. The van der Waals surface area contributed by atoms with Gasteiger partial charge in [0.05, 0.1) is 6.04 Å². The van der Waals surface area contributed by atoms with Crippen molar-refractivity contribution in [1.82, 2.24) is 9.80 Å². The Bertz CT molecular complexity index is 291. The summed E-state index contributed by atoms with van der Waals surface area (Å²) in [5.74, 6) is 0.342. The van der Waals surface area contributed by atoms with Crippen LogP contribution >= 0.6 is 0 Å². The number of carbonyl (C=O) groups is 1. The molecule has 2 N–H and O–H groups in total. The van der Waals surface area contributed by atoms with Crippen LogP contribution in [0, 0.1) is 5.92 Å². The quantitative estimate of drug-likeness (QED) is 0.826. The van der Waals surface area contributed by atoms with E-state index in [-0.39, 0.29) is 17.9 Å². The van der Waals surface area contributed by atoms with E-state index in [2.05, 4.69) is 25.8 Å². The number of rotatable bonds is 5. The fourth-order valence-electron chi connectivity index (χ4n) is 2.50. The molecule has 2 atom stereocenters. The second-order valence-corrected chi connectivity index (χ2v) is 6.48. The number of piperidine rings is 1. The van der Waals surface area contributed by atoms with Gasteiger partial charge in [0.15, 0.2) is 0 Å². The van der Waals surface area contributed by atoms with Crippen molar-refractivity contribution in [3.05, 3.63) is 0 Å². The lowest BCUT2D eigenvalue weighted by atomic mass is 9.97. The minimum atomic E-state index is -0.357. The van der Waals surface area contributed by atoms with Gasteiger partial charge in [-0.25, -0.2) is 0 Å². The summed E-state index contributed by atoms with van der Waals surface area (Å²) in [6, 6.07) is 0.487. The molecule has 19 heavy (non-hydrogen) atoms. The molecule has 1 fully saturated rings. The van der Waals surface area contributed by atoms with E-state index in [1.165, 1.54) is 6.42 Å². The fraction of sp³-hybridized carbons (Fsp3) is 0.933. The molecule has 4 heteroatoms. The van der Waals surface area contributed by atoms with Crippen molar-refractivity contribution in [2.45, 2.75) is 65.1 Å². The van der Waals surface area contributed by atoms with E-state index in [4.69, 9.17) is 5.73 Å². The maximum Gasteiger partial charge on any atom is 0.240 e. The standard InChI is InChI=1S/C15H31N3O/c1-11(2)14(16)15(19)18-9-7-6-8-13(18)10-17(5)12(3)4/h11-14H,6-10,16H2,1-5H3/t13?,14-/m0/s1. The molecule has 1 aliphatic heterocycles. The number of amides is 1. The average Bonchev–Trinajstić information content (AvgIpc) is 2.37. The van der Waals surface area contributed by atoms with Gasteiger partial charge in [-0.1, -0.05) is 13.8 Å². The van der Waals surface area contributed by atoms with Crippen molar-refractivity contribution in [1.29, 1.82) is 0 Å². The van der Waals surface area contributed by atoms with Crippen LogP contribution < -0.4 is 5.73 Å². The Labute approximate surface area is 118 Å². The van der Waals surface area contributed by atoms with Gasteiger partial charge in [0.1, 0.15) is 0 Å². The second kappa shape index (κ2) is 7.25. The van der Waals surface area contributed by atoms with Crippen LogP contribution in [0.15, 0.2) is 0 Å². The number of likely N-dealkylation sites (N-methyl/N-ethyl adjacent to an activating group) is 1. The molecular weight excluding hydrogens is 238 g/mol. The average molecular weight is 269 g/mol. The number of nitrogens with zero attached hydrogens (tertiary/aromatic N) is 2. The predicted molar refractivity (Wildman–Crippen MR) is 79.9 cm³/mol. The summed E-state index contributed by atoms with van der Waals surface area (Å²) < 4.78 is 0. The zero-order valence-corrected chi connectivity index (χ0v) is 13.2. The summed E-state index contributed by atoms with van der Waals surface area (Å²) >= 11 is 0. The summed E-state index contributed by atoms with van der Waals surface area (Å²) in [4.78, 5) is 16.8. The van der Waals surface area contributed by atoms with E-state index >= 15 is 0 Å². The Morgan fingerprint density at radius 3 is 2.47 bits per heavy atom. The van der Waals surface area contributed by atoms with Crippen LogP contribution in [0.4, 0.5) is 0 Å². The first-order chi connectivity index (χ1) is 8.84. The van der Waals surface area contributed by atoms with E-state index in [1.54, 1.807) is 0 Å². The largest absolute Gasteiger partial charge is 0.337 e. The van der Waals surface area contributed by atoms with E-state index in [0.717, 1.165) is 25.9 Å². The Morgan fingerprint density at radius 1 is 1.32 bits per heavy atom. The molecule has 0 bridgehead atoms. The molecule has 1 heterocycles. The maximum atomic E-state index is 12.5. The molecule has 1 rings (SSSR count). The Hall–Kier alpha value is -0.610. The third kappa shape index (κ3) is 4.46. The van der Waals surface area contributed by atoms with Gasteiger partial charge in [0.2, 0.25) is 5.91 Å². The zero-order chi connectivity index (χ0) is 14.6. The molecule has 0 spiro atoms. The van der Waals surface area contributed by atoms with Gasteiger partial charge >= 0.3 is 0 Å². The summed E-state index contributed by atoms with van der Waals surface area (Å²) in [5, 5.41) is 0. The van der Waals surface area contributed by atoms with Crippen molar-refractivity contribution in [2.24, 2.45) is 11.7 Å². The highest BCUT2D eigenvalue weighted by atomic mass is 16.2. The number of carbonyl (C=O) groups excluding carboxylic acids is 1. The lowest BCUT2D eigenvalue weighted by Gasteiger charge is -2.40. The fourth-order valence-corrected chi connectivity index (χ4v) is 2.50. The molecule has 0 radical (unpaired) electrons. The number of hydrogen-bond donors (Lipinski definition) is 1. The molecule has 0 aliphatic carbocycles. The predicted octanol–water partition coefficient (Wildman–Crippen LogP) is 1.69. The Morgan fingerprint density at radius 2 is 1.95 bits per heavy atom. The van der Waals surface area contributed by atoms with Crippen molar-refractivity contribution in [2.75, 3.05) is 20.1 Å². The van der Waals surface area contributed by atoms with Crippen LogP contribution in [-0.4, -0.2) is 54.0 Å². The van der Waals surface area contributed by atoms with Gasteiger partial charge in [-0.05, 0) is 46.1 Å². The maximum absolute atomic E-state index is 12.5. The number of nitrogens with two attached hydrogens (primary N) is 1. The molecular formula is C15H31N3O. The summed E-state index contributed by atoms with van der Waals surface area (Å²) in [6.07, 6.45) is 3.43. The highest BCUT2D eigenvalue weighted by Crippen LogP contribution is 2.20. The Balaban J connectivity index is 2.69. The molecule has 0 aromatic heterocycles. The number of likely N-dealkylation sites (tertiary alicyclic amines) is 1. The van der Waals surface area contributed by atoms with Gasteiger partial charge < -0.3 is 15.5 Å². The monoisotopic (exact) mass is 269 g/mol. The number of hydrogen-bond acceptors (Lipinski definition) is 3. The lowest BCUT2D eigenvalue weighted by Crippen LogP contribution is -2.55. The molecule has 0 aromatic rings. The zero-order valence-electron chi connectivity index (χ0n) is 13.2. The highest BCUT2D eigenvalue weighted by molar-refractivity contribution is 5.82. The molecule has 1 aliphatic rings. The second-order valence-electron chi connectivity index (χ2n) is 6.48. The van der Waals surface area contributed by atoms with Crippen LogP contribution in [0.25, 0.3) is 0 Å². The topological polar surface area (TPSA) is 49.6 Å². The molecule has 1 saturated heterocycles. The normalized spacial score (nSPS) is 22.4. The molecule has 4 nitrogen and oxygen atoms in total. The molecule has 1 unspecified atom stereocenters. The van der Waals surface area contributed by atoms with E-state index in [9.17, 15) is 4.79 Å². The first-order valence-electron chi connectivity index (χ1n) is 7.61. The van der Waals surface area contributed by atoms with E-state index in [0.29, 0.717) is 12.1 Å². The SMILES string of the molecule is CC(C)[C@H](N)C(=O)N1CCCCC1CN(C)C(C)C. The smallest absolute Gasteiger partial charge is 0.240 e. The van der Waals surface area contributed by atoms with Gasteiger partial charge in [0.25, 0.3) is 0 Å². The van der Waals surface area contributed by atoms with E-state index < -0.39 is 0 Å². The van der Waals surface area contributed by atoms with Crippen LogP contribution in [-0.2, 0) is 4.79 Å². The minimum Gasteiger partial charge on any atom is -0.337 e. The molecule has 112 valence electrons. The molecule has 0 saturated carbocycles. The van der Waals surface area contributed by atoms with Gasteiger partial charge in [0, 0.05) is 25.2 Å². The summed E-state index contributed by atoms with van der Waals surface area (Å²) in [6.45, 7) is 10.2. The minimum absolute atomic E-state index is 0.136. The van der Waals surface area contributed by atoms with Gasteiger partial charge in [-0.2, -0.15) is 0 Å². The first-order valence-corrected chi connectivity index (χ1v) is 7.61. The third-order valence-corrected chi connectivity index (χ3v) is 4.29. The van der Waals surface area contributed by atoms with Crippen molar-refractivity contribution in [3.8, 4) is 0 Å². The van der Waals surface area contributed by atoms with Gasteiger partial charge in [-0.3, -0.25) is 4.79 Å². The van der Waals surface area contributed by atoms with Crippen LogP contribution in [0.2, 0.25) is 0 Å². The van der Waals surface area contributed by atoms with Crippen molar-refractivity contribution >= 4 is 5.91 Å². The van der Waals surface area contributed by atoms with Crippen LogP contribution in [0.3, 0.4) is 0 Å². The first kappa shape index (κ1) is 16.4. The molecule has 1 amide bonds. The highest BCUT2D eigenvalue weighted by Gasteiger charge is 2.31. The lowest BCUT2D eigenvalue weighted by molar-refractivity contribution is -0.137. The Kier molecular flexibility index (Phi) is 6.27. The van der Waals surface area contributed by atoms with Gasteiger partial charge in [-0.15, -0.1) is 0 Å². The van der Waals surface area contributed by atoms with Crippen LogP contribution in [0.5, 0.6) is 0 Å². The van der Waals surface area contributed by atoms with Crippen LogP contribution in [0.1, 0.15) is 47.0 Å². The third-order valence-electron chi connectivity index (χ3n) is 4.29. The molecule has 0 aromatic carbocycles. The van der Waals surface area contributed by atoms with E-state index in [1.807, 2.05) is 18.7 Å². The van der Waals surface area contributed by atoms with Crippen molar-refractivity contribution < 1.29 is 4.79 Å².